The molecule has 0 bridgehead atoms. The second-order valence-electron chi connectivity index (χ2n) is 3.17. The summed E-state index contributed by atoms with van der Waals surface area (Å²) in [4.78, 5) is 0. The Kier molecular flexibility index (Phi) is 3.89. The summed E-state index contributed by atoms with van der Waals surface area (Å²) >= 11 is 0. The molecule has 0 amide bonds. The molecule has 1 aromatic rings. The minimum atomic E-state index is -4.61. The van der Waals surface area contributed by atoms with E-state index >= 15 is 0 Å². The van der Waals surface area contributed by atoms with Gasteiger partial charge >= 0.3 is 13.3 Å². The number of rotatable bonds is 3. The molecule has 2 N–H and O–H groups in total. The molecular formula is C9H10BF3O4. The van der Waals surface area contributed by atoms with Gasteiger partial charge in [0.2, 0.25) is 0 Å². The van der Waals surface area contributed by atoms with E-state index in [9.17, 15) is 13.2 Å². The van der Waals surface area contributed by atoms with Gasteiger partial charge in [0.15, 0.2) is 11.5 Å². The van der Waals surface area contributed by atoms with Crippen LogP contribution >= 0.6 is 0 Å². The first-order chi connectivity index (χ1) is 7.81. The zero-order valence-electron chi connectivity index (χ0n) is 9.08. The van der Waals surface area contributed by atoms with Crippen molar-refractivity contribution in [1.29, 1.82) is 0 Å². The Bertz CT molecular complexity index is 406. The van der Waals surface area contributed by atoms with E-state index in [2.05, 4.69) is 0 Å². The van der Waals surface area contributed by atoms with Crippen LogP contribution in [-0.4, -0.2) is 31.4 Å². The Morgan fingerprint density at radius 2 is 1.71 bits per heavy atom. The summed E-state index contributed by atoms with van der Waals surface area (Å²) in [5.41, 5.74) is -1.45. The summed E-state index contributed by atoms with van der Waals surface area (Å²) in [6.07, 6.45) is -4.61. The molecule has 4 nitrogen and oxygen atoms in total. The van der Waals surface area contributed by atoms with Gasteiger partial charge in [-0.15, -0.1) is 0 Å². The summed E-state index contributed by atoms with van der Waals surface area (Å²) in [6, 6.07) is 1.33. The number of halogens is 3. The van der Waals surface area contributed by atoms with Gasteiger partial charge in [-0.1, -0.05) is 0 Å². The topological polar surface area (TPSA) is 58.9 Å². The zero-order chi connectivity index (χ0) is 13.2. The molecule has 0 aliphatic heterocycles. The van der Waals surface area contributed by atoms with Crippen molar-refractivity contribution in [3.05, 3.63) is 17.7 Å². The summed E-state index contributed by atoms with van der Waals surface area (Å²) in [5.74, 6) is -0.360. The standard InChI is InChI=1S/C9H10BF3O4/c1-16-7-4-5(9(11,12)13)3-6(10(14)15)8(7)17-2/h3-4,14-15H,1-2H3. The summed E-state index contributed by atoms with van der Waals surface area (Å²) in [6.45, 7) is 0. The van der Waals surface area contributed by atoms with Gasteiger partial charge in [-0.25, -0.2) is 0 Å². The van der Waals surface area contributed by atoms with Crippen LogP contribution in [0.1, 0.15) is 5.56 Å². The fraction of sp³-hybridized carbons (Fsp3) is 0.333. The molecule has 0 aliphatic rings. The maximum atomic E-state index is 12.5. The van der Waals surface area contributed by atoms with Gasteiger partial charge in [-0.3, -0.25) is 0 Å². The fourth-order valence-corrected chi connectivity index (χ4v) is 1.35. The van der Waals surface area contributed by atoms with Crippen molar-refractivity contribution in [2.45, 2.75) is 6.18 Å². The van der Waals surface area contributed by atoms with E-state index in [1.54, 1.807) is 0 Å². The van der Waals surface area contributed by atoms with Gasteiger partial charge in [0, 0.05) is 5.46 Å². The highest BCUT2D eigenvalue weighted by Gasteiger charge is 2.34. The zero-order valence-corrected chi connectivity index (χ0v) is 9.08. The van der Waals surface area contributed by atoms with Gasteiger partial charge in [-0.05, 0) is 12.1 Å². The van der Waals surface area contributed by atoms with Gasteiger partial charge in [0.25, 0.3) is 0 Å². The second kappa shape index (κ2) is 4.85. The van der Waals surface area contributed by atoms with Crippen molar-refractivity contribution in [1.82, 2.24) is 0 Å². The van der Waals surface area contributed by atoms with Gasteiger partial charge in [0.1, 0.15) is 0 Å². The highest BCUT2D eigenvalue weighted by atomic mass is 19.4. The van der Waals surface area contributed by atoms with Crippen LogP contribution in [-0.2, 0) is 6.18 Å². The molecule has 0 saturated carbocycles. The van der Waals surface area contributed by atoms with Gasteiger partial charge < -0.3 is 19.5 Å². The summed E-state index contributed by atoms with van der Waals surface area (Å²) < 4.78 is 47.1. The molecule has 0 radical (unpaired) electrons. The third-order valence-corrected chi connectivity index (χ3v) is 2.11. The minimum absolute atomic E-state index is 0.143. The first-order valence-electron chi connectivity index (χ1n) is 4.50. The van der Waals surface area contributed by atoms with E-state index in [1.165, 1.54) is 7.11 Å². The van der Waals surface area contributed by atoms with Crippen LogP contribution in [0.4, 0.5) is 13.2 Å². The van der Waals surface area contributed by atoms with Crippen LogP contribution < -0.4 is 14.9 Å². The predicted molar refractivity (Wildman–Crippen MR) is 54.4 cm³/mol. The molecule has 0 fully saturated rings. The lowest BCUT2D eigenvalue weighted by Crippen LogP contribution is -2.32. The van der Waals surface area contributed by atoms with E-state index in [0.29, 0.717) is 6.07 Å². The number of methoxy groups -OCH3 is 2. The molecule has 0 aliphatic carbocycles. The van der Waals surface area contributed by atoms with Crippen LogP contribution in [0.5, 0.6) is 11.5 Å². The Morgan fingerprint density at radius 3 is 2.06 bits per heavy atom. The van der Waals surface area contributed by atoms with Crippen LogP contribution in [0.3, 0.4) is 0 Å². The molecule has 0 aromatic heterocycles. The molecule has 0 spiro atoms. The lowest BCUT2D eigenvalue weighted by molar-refractivity contribution is -0.137. The monoisotopic (exact) mass is 250 g/mol. The molecule has 94 valence electrons. The summed E-state index contributed by atoms with van der Waals surface area (Å²) in [5, 5.41) is 18.0. The maximum Gasteiger partial charge on any atom is 0.492 e. The number of ether oxygens (including phenoxy) is 2. The number of benzene rings is 1. The maximum absolute atomic E-state index is 12.5. The smallest absolute Gasteiger partial charge is 0.492 e. The molecule has 17 heavy (non-hydrogen) atoms. The normalized spacial score (nSPS) is 11.2. The van der Waals surface area contributed by atoms with Crippen molar-refractivity contribution in [2.24, 2.45) is 0 Å². The van der Waals surface area contributed by atoms with Crippen molar-refractivity contribution in [3.63, 3.8) is 0 Å². The highest BCUT2D eigenvalue weighted by molar-refractivity contribution is 6.60. The Morgan fingerprint density at radius 1 is 1.12 bits per heavy atom. The average Bonchev–Trinajstić information content (AvgIpc) is 2.25. The van der Waals surface area contributed by atoms with E-state index in [4.69, 9.17) is 19.5 Å². The first-order valence-corrected chi connectivity index (χ1v) is 4.50. The van der Waals surface area contributed by atoms with Crippen molar-refractivity contribution in [2.75, 3.05) is 14.2 Å². The Labute approximate surface area is 95.7 Å². The molecule has 8 heteroatoms. The SMILES string of the molecule is COc1cc(C(F)(F)F)cc(B(O)O)c1OC. The molecular weight excluding hydrogens is 240 g/mol. The molecule has 0 unspecified atom stereocenters. The van der Waals surface area contributed by atoms with Crippen molar-refractivity contribution >= 4 is 12.6 Å². The van der Waals surface area contributed by atoms with E-state index < -0.39 is 24.3 Å². The minimum Gasteiger partial charge on any atom is -0.493 e. The van der Waals surface area contributed by atoms with Gasteiger partial charge in [-0.2, -0.15) is 13.2 Å². The Balaban J connectivity index is 3.46. The third-order valence-electron chi connectivity index (χ3n) is 2.11. The second-order valence-corrected chi connectivity index (χ2v) is 3.17. The highest BCUT2D eigenvalue weighted by Crippen LogP contribution is 2.35. The lowest BCUT2D eigenvalue weighted by atomic mass is 9.78. The van der Waals surface area contributed by atoms with Crippen LogP contribution in [0, 0.1) is 0 Å². The molecule has 0 heterocycles. The predicted octanol–water partition coefficient (Wildman–Crippen LogP) is 0.402. The van der Waals surface area contributed by atoms with Gasteiger partial charge in [0.05, 0.1) is 19.8 Å². The van der Waals surface area contributed by atoms with Crippen molar-refractivity contribution < 1.29 is 32.7 Å². The van der Waals surface area contributed by atoms with E-state index in [1.807, 2.05) is 0 Å². The lowest BCUT2D eigenvalue weighted by Gasteiger charge is -2.16. The summed E-state index contributed by atoms with van der Waals surface area (Å²) in [7, 11) is 0.267. The van der Waals surface area contributed by atoms with E-state index in [0.717, 1.165) is 13.2 Å². The van der Waals surface area contributed by atoms with Crippen LogP contribution in [0.25, 0.3) is 0 Å². The Hall–Kier alpha value is -1.41. The van der Waals surface area contributed by atoms with Crippen LogP contribution in [0.2, 0.25) is 0 Å². The van der Waals surface area contributed by atoms with Crippen LogP contribution in [0.15, 0.2) is 12.1 Å². The average molecular weight is 250 g/mol. The first kappa shape index (κ1) is 13.7. The molecule has 0 atom stereocenters. The molecule has 0 saturated heterocycles. The van der Waals surface area contributed by atoms with Crippen molar-refractivity contribution in [3.8, 4) is 11.5 Å². The molecule has 1 rings (SSSR count). The van der Waals surface area contributed by atoms with E-state index in [-0.39, 0.29) is 11.5 Å². The largest absolute Gasteiger partial charge is 0.493 e. The molecule has 1 aromatic carbocycles. The quantitative estimate of drug-likeness (QED) is 0.762. The third kappa shape index (κ3) is 2.83. The number of hydrogen-bond acceptors (Lipinski definition) is 4. The number of alkyl halides is 3. The fourth-order valence-electron chi connectivity index (χ4n) is 1.35. The number of hydrogen-bond donors (Lipinski definition) is 2.